The fourth-order valence-electron chi connectivity index (χ4n) is 1.80. The Morgan fingerprint density at radius 1 is 1.21 bits per heavy atom. The van der Waals surface area contributed by atoms with Crippen LogP contribution in [0.1, 0.15) is 33.3 Å². The van der Waals surface area contributed by atoms with Crippen LogP contribution in [-0.2, 0) is 25.6 Å². The van der Waals surface area contributed by atoms with E-state index in [2.05, 4.69) is 10.0 Å². The third kappa shape index (κ3) is 6.33. The minimum absolute atomic E-state index is 0.113. The molecule has 0 saturated carbocycles. The van der Waals surface area contributed by atoms with Crippen LogP contribution in [0.2, 0.25) is 0 Å². The molecule has 0 heterocycles. The lowest BCUT2D eigenvalue weighted by Crippen LogP contribution is -2.46. The van der Waals surface area contributed by atoms with Gasteiger partial charge in [-0.1, -0.05) is 17.7 Å². The lowest BCUT2D eigenvalue weighted by atomic mass is 10.2. The van der Waals surface area contributed by atoms with E-state index in [1.807, 2.05) is 27.7 Å². The second-order valence-corrected chi connectivity index (χ2v) is 10.6. The summed E-state index contributed by atoms with van der Waals surface area (Å²) >= 11 is 0. The Hall–Kier alpha value is -1.25. The number of amides is 1. The third-order valence-electron chi connectivity index (χ3n) is 3.33. The summed E-state index contributed by atoms with van der Waals surface area (Å²) in [5.41, 5.74) is 0.951. The van der Waals surface area contributed by atoms with Gasteiger partial charge in [-0.2, -0.15) is 4.72 Å². The van der Waals surface area contributed by atoms with Crippen LogP contribution in [0, 0.1) is 6.92 Å². The molecule has 24 heavy (non-hydrogen) atoms. The maximum Gasteiger partial charge on any atom is 0.241 e. The molecule has 0 fully saturated rings. The van der Waals surface area contributed by atoms with E-state index < -0.39 is 32.8 Å². The zero-order chi connectivity index (χ0) is 18.5. The monoisotopic (exact) mass is 374 g/mol. The SMILES string of the molecule is Cc1ccc(S(=O)(=O)N[C@@H](C)C(=O)NCCS(=O)C(C)(C)C)cc1. The summed E-state index contributed by atoms with van der Waals surface area (Å²) in [6.45, 7) is 9.17. The second-order valence-electron chi connectivity index (χ2n) is 6.61. The molecule has 0 aliphatic heterocycles. The molecule has 0 saturated heterocycles. The van der Waals surface area contributed by atoms with Gasteiger partial charge in [0.15, 0.2) is 0 Å². The zero-order valence-electron chi connectivity index (χ0n) is 14.8. The van der Waals surface area contributed by atoms with E-state index in [1.165, 1.54) is 19.1 Å². The van der Waals surface area contributed by atoms with Crippen molar-refractivity contribution in [3.8, 4) is 0 Å². The first-order chi connectivity index (χ1) is 10.9. The van der Waals surface area contributed by atoms with Gasteiger partial charge in [-0.05, 0) is 46.8 Å². The number of carbonyl (C=O) groups excluding carboxylic acids is 1. The summed E-state index contributed by atoms with van der Waals surface area (Å²) in [6.07, 6.45) is 0. The van der Waals surface area contributed by atoms with Crippen molar-refractivity contribution in [1.29, 1.82) is 0 Å². The fraction of sp³-hybridized carbons (Fsp3) is 0.562. The van der Waals surface area contributed by atoms with Gasteiger partial charge in [0, 0.05) is 27.8 Å². The molecule has 8 heteroatoms. The van der Waals surface area contributed by atoms with Crippen molar-refractivity contribution in [3.05, 3.63) is 29.8 Å². The van der Waals surface area contributed by atoms with Gasteiger partial charge in [-0.25, -0.2) is 8.42 Å². The number of carbonyl (C=O) groups is 1. The highest BCUT2D eigenvalue weighted by atomic mass is 32.2. The van der Waals surface area contributed by atoms with Crippen LogP contribution in [0.15, 0.2) is 29.2 Å². The van der Waals surface area contributed by atoms with Crippen molar-refractivity contribution < 1.29 is 17.4 Å². The van der Waals surface area contributed by atoms with Crippen LogP contribution in [0.4, 0.5) is 0 Å². The number of hydrogen-bond donors (Lipinski definition) is 2. The van der Waals surface area contributed by atoms with Crippen LogP contribution in [0.5, 0.6) is 0 Å². The summed E-state index contributed by atoms with van der Waals surface area (Å²) in [5.74, 6) is -0.122. The molecule has 1 aromatic rings. The molecule has 0 aliphatic carbocycles. The van der Waals surface area contributed by atoms with Crippen molar-refractivity contribution in [2.45, 2.75) is 50.3 Å². The highest BCUT2D eigenvalue weighted by Gasteiger charge is 2.23. The number of benzene rings is 1. The molecule has 0 radical (unpaired) electrons. The number of rotatable bonds is 7. The summed E-state index contributed by atoms with van der Waals surface area (Å²) in [4.78, 5) is 12.1. The third-order valence-corrected chi connectivity index (χ3v) is 6.82. The summed E-state index contributed by atoms with van der Waals surface area (Å²) in [5, 5.41) is 2.61. The van der Waals surface area contributed by atoms with E-state index in [0.29, 0.717) is 5.75 Å². The van der Waals surface area contributed by atoms with Gasteiger partial charge in [0.1, 0.15) is 0 Å². The van der Waals surface area contributed by atoms with Crippen molar-refractivity contribution in [1.82, 2.24) is 10.0 Å². The molecule has 1 rings (SSSR count). The normalized spacial score (nSPS) is 14.9. The van der Waals surface area contributed by atoms with Crippen molar-refractivity contribution >= 4 is 26.7 Å². The number of sulfonamides is 1. The summed E-state index contributed by atoms with van der Waals surface area (Å²) < 4.78 is 38.4. The number of nitrogens with one attached hydrogen (secondary N) is 2. The van der Waals surface area contributed by atoms with E-state index in [1.54, 1.807) is 12.1 Å². The first-order valence-electron chi connectivity index (χ1n) is 7.68. The molecule has 0 bridgehead atoms. The molecule has 1 unspecified atom stereocenters. The van der Waals surface area contributed by atoms with Crippen LogP contribution >= 0.6 is 0 Å². The maximum absolute atomic E-state index is 12.2. The predicted octanol–water partition coefficient (Wildman–Crippen LogP) is 1.33. The first kappa shape index (κ1) is 20.8. The Kier molecular flexibility index (Phi) is 7.12. The first-order valence-corrected chi connectivity index (χ1v) is 10.5. The second kappa shape index (κ2) is 8.22. The standard InChI is InChI=1S/C16H26N2O4S2/c1-12-6-8-14(9-7-12)24(21,22)18-13(2)15(19)17-10-11-23(20)16(3,4)5/h6-9,13,18H,10-11H2,1-5H3,(H,17,19)/t13-,23?/m0/s1. The lowest BCUT2D eigenvalue weighted by Gasteiger charge is -2.18. The molecule has 2 atom stereocenters. The quantitative estimate of drug-likeness (QED) is 0.753. The van der Waals surface area contributed by atoms with E-state index >= 15 is 0 Å². The number of hydrogen-bond acceptors (Lipinski definition) is 4. The topological polar surface area (TPSA) is 92.3 Å². The Labute approximate surface area is 146 Å². The van der Waals surface area contributed by atoms with Crippen LogP contribution in [-0.4, -0.2) is 41.6 Å². The Morgan fingerprint density at radius 2 is 1.75 bits per heavy atom. The van der Waals surface area contributed by atoms with Crippen LogP contribution < -0.4 is 10.0 Å². The number of aryl methyl sites for hydroxylation is 1. The molecule has 2 N–H and O–H groups in total. The smallest absolute Gasteiger partial charge is 0.241 e. The molecule has 1 aromatic carbocycles. The van der Waals surface area contributed by atoms with E-state index in [4.69, 9.17) is 0 Å². The van der Waals surface area contributed by atoms with Crippen molar-refractivity contribution in [2.75, 3.05) is 12.3 Å². The Balaban J connectivity index is 2.57. The molecule has 0 aliphatic rings. The highest BCUT2D eigenvalue weighted by Crippen LogP contribution is 2.11. The molecule has 6 nitrogen and oxygen atoms in total. The summed E-state index contributed by atoms with van der Waals surface area (Å²) in [7, 11) is -4.83. The van der Waals surface area contributed by atoms with Crippen molar-refractivity contribution in [2.24, 2.45) is 0 Å². The van der Waals surface area contributed by atoms with Crippen molar-refractivity contribution in [3.63, 3.8) is 0 Å². The van der Waals surface area contributed by atoms with E-state index in [0.717, 1.165) is 5.56 Å². The van der Waals surface area contributed by atoms with Gasteiger partial charge in [-0.15, -0.1) is 0 Å². The molecule has 0 spiro atoms. The van der Waals surface area contributed by atoms with E-state index in [-0.39, 0.29) is 16.2 Å². The molecule has 136 valence electrons. The zero-order valence-corrected chi connectivity index (χ0v) is 16.4. The largest absolute Gasteiger partial charge is 0.354 e. The summed E-state index contributed by atoms with van der Waals surface area (Å²) in [6, 6.07) is 5.46. The highest BCUT2D eigenvalue weighted by molar-refractivity contribution is 7.89. The lowest BCUT2D eigenvalue weighted by molar-refractivity contribution is -0.122. The molecular formula is C16H26N2O4S2. The fourth-order valence-corrected chi connectivity index (χ4v) is 3.90. The predicted molar refractivity (Wildman–Crippen MR) is 96.7 cm³/mol. The van der Waals surface area contributed by atoms with Gasteiger partial charge in [-0.3, -0.25) is 9.00 Å². The average Bonchev–Trinajstić information content (AvgIpc) is 2.45. The van der Waals surface area contributed by atoms with Gasteiger partial charge in [0.05, 0.1) is 10.9 Å². The molecular weight excluding hydrogens is 348 g/mol. The Morgan fingerprint density at radius 3 is 2.25 bits per heavy atom. The van der Waals surface area contributed by atoms with Gasteiger partial charge in [0.2, 0.25) is 15.9 Å². The molecule has 0 aromatic heterocycles. The maximum atomic E-state index is 12.2. The van der Waals surface area contributed by atoms with Gasteiger partial charge in [0.25, 0.3) is 0 Å². The molecule has 1 amide bonds. The van der Waals surface area contributed by atoms with E-state index in [9.17, 15) is 17.4 Å². The average molecular weight is 375 g/mol. The van der Waals surface area contributed by atoms with Crippen LogP contribution in [0.3, 0.4) is 0 Å². The Bertz CT molecular complexity index is 692. The van der Waals surface area contributed by atoms with Gasteiger partial charge >= 0.3 is 0 Å². The minimum atomic E-state index is -3.76. The minimum Gasteiger partial charge on any atom is -0.354 e. The van der Waals surface area contributed by atoms with Gasteiger partial charge < -0.3 is 5.32 Å². The van der Waals surface area contributed by atoms with Crippen LogP contribution in [0.25, 0.3) is 0 Å².